The number of hydrogen-bond acceptors (Lipinski definition) is 12. The molecule has 280 valence electrons. The number of aliphatic carboxylic acids is 1. The number of carbonyl (C=O) groups excluding carboxylic acids is 6. The van der Waals surface area contributed by atoms with Crippen LogP contribution in [0.25, 0.3) is 0 Å². The zero-order valence-electron chi connectivity index (χ0n) is 28.3. The zero-order chi connectivity index (χ0) is 38.3. The molecule has 6 amide bonds. The predicted molar refractivity (Wildman–Crippen MR) is 175 cm³/mol. The molecule has 0 aromatic heterocycles. The van der Waals surface area contributed by atoms with E-state index in [0.717, 1.165) is 6.92 Å². The molecule has 14 N–H and O–H groups in total. The normalized spacial score (nSPS) is 16.5. The van der Waals surface area contributed by atoms with Gasteiger partial charge in [0, 0.05) is 12.8 Å². The van der Waals surface area contributed by atoms with Crippen molar-refractivity contribution in [1.82, 2.24) is 26.6 Å². The van der Waals surface area contributed by atoms with Crippen LogP contribution >= 0.6 is 0 Å². The molecule has 50 heavy (non-hydrogen) atoms. The van der Waals surface area contributed by atoms with E-state index in [4.69, 9.17) is 11.5 Å². The molecule has 0 saturated heterocycles. The Labute approximate surface area is 288 Å². The van der Waals surface area contributed by atoms with E-state index in [2.05, 4.69) is 26.6 Å². The average Bonchev–Trinajstić information content (AvgIpc) is 3.05. The lowest BCUT2D eigenvalue weighted by molar-refractivity contribution is -0.143. The number of aliphatic hydroxyl groups excluding tert-OH is 3. The molecule has 0 aliphatic carbocycles. The summed E-state index contributed by atoms with van der Waals surface area (Å²) < 4.78 is 0. The van der Waals surface area contributed by atoms with Crippen LogP contribution in [0.3, 0.4) is 0 Å². The standard InChI is InChI=1S/C31H49N7O12/c1-5-14(2)23(36-30(48)25(16(4)41)37-26(44)19(32)10-11-22(33)43)28(46)35-21(13-39)27(45)38-24(15(3)40)29(47)34-20(31(49)50)12-17-6-8-18(42)9-7-17/h6-9,14-16,19-21,23-25,39-42H,5,10-13,32H2,1-4H3,(H2,33,43)(H,34,47)(H,35,46)(H,36,48)(H,37,44)(H,38,45)(H,49,50)/t14-,15+,16+,19-,20-,21-,23-,24-,25-/m0/s1. The van der Waals surface area contributed by atoms with Gasteiger partial charge in [-0.3, -0.25) is 28.8 Å². The fourth-order valence-electron chi connectivity index (χ4n) is 4.48. The van der Waals surface area contributed by atoms with Gasteiger partial charge in [0.2, 0.25) is 35.4 Å². The largest absolute Gasteiger partial charge is 0.508 e. The van der Waals surface area contributed by atoms with Crippen LogP contribution < -0.4 is 38.1 Å². The lowest BCUT2D eigenvalue weighted by Gasteiger charge is -2.29. The van der Waals surface area contributed by atoms with E-state index >= 15 is 0 Å². The van der Waals surface area contributed by atoms with Crippen LogP contribution in [0.4, 0.5) is 0 Å². The van der Waals surface area contributed by atoms with Gasteiger partial charge in [0.15, 0.2) is 0 Å². The Balaban J connectivity index is 3.06. The van der Waals surface area contributed by atoms with E-state index in [1.165, 1.54) is 31.2 Å². The first-order valence-electron chi connectivity index (χ1n) is 15.9. The molecule has 0 fully saturated rings. The van der Waals surface area contributed by atoms with Crippen LogP contribution in [0.2, 0.25) is 0 Å². The summed E-state index contributed by atoms with van der Waals surface area (Å²) in [5.41, 5.74) is 11.3. The minimum Gasteiger partial charge on any atom is -0.508 e. The van der Waals surface area contributed by atoms with Crippen molar-refractivity contribution in [3.05, 3.63) is 29.8 Å². The quantitative estimate of drug-likeness (QED) is 0.0577. The first kappa shape index (κ1) is 43.2. The minimum atomic E-state index is -1.73. The molecule has 0 bridgehead atoms. The highest BCUT2D eigenvalue weighted by Gasteiger charge is 2.36. The number of hydrogen-bond donors (Lipinski definition) is 12. The minimum absolute atomic E-state index is 0.0576. The second-order valence-corrected chi connectivity index (χ2v) is 12.0. The second-order valence-electron chi connectivity index (χ2n) is 12.0. The number of phenolic OH excluding ortho intramolecular Hbond substituents is 1. The summed E-state index contributed by atoms with van der Waals surface area (Å²) in [6.07, 6.45) is -3.26. The number of aromatic hydroxyl groups is 1. The maximum Gasteiger partial charge on any atom is 0.326 e. The molecule has 0 radical (unpaired) electrons. The summed E-state index contributed by atoms with van der Waals surface area (Å²) >= 11 is 0. The van der Waals surface area contributed by atoms with Crippen LogP contribution in [0.1, 0.15) is 52.5 Å². The van der Waals surface area contributed by atoms with Crippen molar-refractivity contribution in [3.8, 4) is 5.75 Å². The Hall–Kier alpha value is -4.85. The molecule has 0 spiro atoms. The lowest BCUT2D eigenvalue weighted by atomic mass is 9.97. The van der Waals surface area contributed by atoms with Gasteiger partial charge < -0.3 is 63.6 Å². The third-order valence-corrected chi connectivity index (χ3v) is 7.76. The number of amides is 6. The number of carboxylic acid groups (broad SMARTS) is 1. The molecule has 19 nitrogen and oxygen atoms in total. The molecule has 1 aromatic carbocycles. The van der Waals surface area contributed by atoms with Gasteiger partial charge in [-0.15, -0.1) is 0 Å². The van der Waals surface area contributed by atoms with Crippen molar-refractivity contribution in [3.63, 3.8) is 0 Å². The first-order chi connectivity index (χ1) is 23.3. The van der Waals surface area contributed by atoms with Crippen molar-refractivity contribution in [1.29, 1.82) is 0 Å². The average molecular weight is 712 g/mol. The molecule has 1 aromatic rings. The number of carboxylic acids is 1. The van der Waals surface area contributed by atoms with Gasteiger partial charge in [0.05, 0.1) is 24.9 Å². The van der Waals surface area contributed by atoms with E-state index in [1.807, 2.05) is 0 Å². The van der Waals surface area contributed by atoms with Crippen molar-refractivity contribution in [2.45, 2.75) is 102 Å². The Morgan fingerprint density at radius 1 is 0.720 bits per heavy atom. The monoisotopic (exact) mass is 711 g/mol. The van der Waals surface area contributed by atoms with Gasteiger partial charge >= 0.3 is 5.97 Å². The summed E-state index contributed by atoms with van der Waals surface area (Å²) in [7, 11) is 0. The number of nitrogens with two attached hydrogens (primary N) is 2. The Morgan fingerprint density at radius 3 is 1.64 bits per heavy atom. The summed E-state index contributed by atoms with van der Waals surface area (Å²) in [6.45, 7) is 4.62. The molecule has 0 heterocycles. The lowest BCUT2D eigenvalue weighted by Crippen LogP contribution is -2.63. The molecular formula is C31H49N7O12. The molecule has 0 unspecified atom stereocenters. The highest BCUT2D eigenvalue weighted by atomic mass is 16.4. The third-order valence-electron chi connectivity index (χ3n) is 7.76. The van der Waals surface area contributed by atoms with Gasteiger partial charge in [-0.05, 0) is 43.9 Å². The van der Waals surface area contributed by atoms with E-state index in [1.54, 1.807) is 13.8 Å². The van der Waals surface area contributed by atoms with Crippen LogP contribution in [0.5, 0.6) is 5.75 Å². The van der Waals surface area contributed by atoms with Crippen molar-refractivity contribution < 1.29 is 59.1 Å². The summed E-state index contributed by atoms with van der Waals surface area (Å²) in [5.74, 6) is -7.84. The van der Waals surface area contributed by atoms with Gasteiger partial charge in [-0.25, -0.2) is 4.79 Å². The zero-order valence-corrected chi connectivity index (χ0v) is 28.3. The molecule has 0 saturated carbocycles. The van der Waals surface area contributed by atoms with Crippen molar-refractivity contribution in [2.75, 3.05) is 6.61 Å². The third kappa shape index (κ3) is 13.9. The van der Waals surface area contributed by atoms with E-state index in [0.29, 0.717) is 12.0 Å². The number of aliphatic hydroxyl groups is 3. The SMILES string of the molecule is CC[C@H](C)[C@H](NC(=O)[C@@H](NC(=O)[C@@H](N)CCC(N)=O)[C@@H](C)O)C(=O)N[C@@H](CO)C(=O)N[C@H](C(=O)N[C@@H](Cc1ccc(O)cc1)C(=O)O)[C@@H](C)O. The van der Waals surface area contributed by atoms with Crippen LogP contribution in [0, 0.1) is 5.92 Å². The summed E-state index contributed by atoms with van der Waals surface area (Å²) in [4.78, 5) is 88.0. The Morgan fingerprint density at radius 2 is 1.18 bits per heavy atom. The topological polar surface area (TPSA) is 333 Å². The molecule has 19 heteroatoms. The molecule has 0 aliphatic heterocycles. The number of phenols is 1. The number of carbonyl (C=O) groups is 7. The highest BCUT2D eigenvalue weighted by molar-refractivity contribution is 5.96. The molecular weight excluding hydrogens is 662 g/mol. The number of benzene rings is 1. The Bertz CT molecular complexity index is 1340. The van der Waals surface area contributed by atoms with Crippen LogP contribution in [-0.4, -0.2) is 122 Å². The number of nitrogens with one attached hydrogen (secondary N) is 5. The Kier molecular flexibility index (Phi) is 17.8. The fraction of sp³-hybridized carbons (Fsp3) is 0.581. The number of rotatable bonds is 21. The molecule has 1 rings (SSSR count). The van der Waals surface area contributed by atoms with Crippen LogP contribution in [0.15, 0.2) is 24.3 Å². The summed E-state index contributed by atoms with van der Waals surface area (Å²) in [6, 6.07) is -3.62. The van der Waals surface area contributed by atoms with Crippen molar-refractivity contribution >= 4 is 41.4 Å². The predicted octanol–water partition coefficient (Wildman–Crippen LogP) is -4.16. The maximum absolute atomic E-state index is 13.4. The van der Waals surface area contributed by atoms with Gasteiger partial charge in [0.1, 0.15) is 36.0 Å². The van der Waals surface area contributed by atoms with E-state index < -0.39 is 102 Å². The van der Waals surface area contributed by atoms with Gasteiger partial charge in [-0.1, -0.05) is 32.4 Å². The fourth-order valence-corrected chi connectivity index (χ4v) is 4.48. The first-order valence-corrected chi connectivity index (χ1v) is 15.9. The smallest absolute Gasteiger partial charge is 0.326 e. The highest BCUT2D eigenvalue weighted by Crippen LogP contribution is 2.13. The van der Waals surface area contributed by atoms with Crippen molar-refractivity contribution in [2.24, 2.45) is 17.4 Å². The molecule has 0 aliphatic rings. The van der Waals surface area contributed by atoms with Crippen LogP contribution in [-0.2, 0) is 40.0 Å². The summed E-state index contributed by atoms with van der Waals surface area (Å²) in [5, 5.41) is 60.8. The second kappa shape index (κ2) is 20.6. The van der Waals surface area contributed by atoms with Gasteiger partial charge in [-0.2, -0.15) is 0 Å². The number of primary amides is 1. The van der Waals surface area contributed by atoms with E-state index in [9.17, 15) is 59.1 Å². The van der Waals surface area contributed by atoms with E-state index in [-0.39, 0.29) is 25.0 Å². The van der Waals surface area contributed by atoms with Gasteiger partial charge in [0.25, 0.3) is 0 Å². The maximum atomic E-state index is 13.4. The molecule has 9 atom stereocenters.